The molecule has 0 fully saturated rings. The van der Waals surface area contributed by atoms with Crippen molar-refractivity contribution in [1.82, 2.24) is 0 Å². The van der Waals surface area contributed by atoms with Crippen molar-refractivity contribution >= 4 is 11.9 Å². The van der Waals surface area contributed by atoms with Crippen LogP contribution in [0, 0.1) is 5.82 Å². The molecular weight excluding hydrogens is 299 g/mol. The molecule has 23 heavy (non-hydrogen) atoms. The number of halogens is 1. The standard InChI is InChI=1S/C18H17FO4/c19-16-11-13(5-10-18(22)23)3-8-15(16)14-6-1-12(2-7-14)4-9-17(20)21/h1-3,6-8,11H,4-5,9-10H2,(H,20,21)(H,22,23). The third-order valence-electron chi connectivity index (χ3n) is 3.55. The fourth-order valence-corrected chi connectivity index (χ4v) is 2.30. The van der Waals surface area contributed by atoms with E-state index in [0.29, 0.717) is 29.5 Å². The average Bonchev–Trinajstić information content (AvgIpc) is 2.51. The van der Waals surface area contributed by atoms with Crippen LogP contribution >= 0.6 is 0 Å². The molecule has 0 spiro atoms. The van der Waals surface area contributed by atoms with Crippen molar-refractivity contribution < 1.29 is 24.2 Å². The van der Waals surface area contributed by atoms with Crippen molar-refractivity contribution in [3.05, 3.63) is 59.4 Å². The van der Waals surface area contributed by atoms with E-state index in [2.05, 4.69) is 0 Å². The zero-order valence-corrected chi connectivity index (χ0v) is 12.5. The van der Waals surface area contributed by atoms with Crippen molar-refractivity contribution in [2.24, 2.45) is 0 Å². The van der Waals surface area contributed by atoms with Gasteiger partial charge in [0.15, 0.2) is 0 Å². The third-order valence-corrected chi connectivity index (χ3v) is 3.55. The Labute approximate surface area is 133 Å². The molecule has 2 aromatic carbocycles. The summed E-state index contributed by atoms with van der Waals surface area (Å²) in [5, 5.41) is 17.3. The number of aryl methyl sites for hydroxylation is 2. The second-order valence-corrected chi connectivity index (χ2v) is 5.30. The normalized spacial score (nSPS) is 10.5. The molecular formula is C18H17FO4. The van der Waals surface area contributed by atoms with E-state index in [-0.39, 0.29) is 12.8 Å². The van der Waals surface area contributed by atoms with Crippen LogP contribution in [0.4, 0.5) is 4.39 Å². The Hall–Kier alpha value is -2.69. The summed E-state index contributed by atoms with van der Waals surface area (Å²) in [6.45, 7) is 0. The zero-order valence-electron chi connectivity index (χ0n) is 12.5. The van der Waals surface area contributed by atoms with Gasteiger partial charge in [-0.1, -0.05) is 36.4 Å². The van der Waals surface area contributed by atoms with Crippen LogP contribution in [0.1, 0.15) is 24.0 Å². The summed E-state index contributed by atoms with van der Waals surface area (Å²) >= 11 is 0. The number of rotatable bonds is 7. The van der Waals surface area contributed by atoms with Crippen LogP contribution < -0.4 is 0 Å². The van der Waals surface area contributed by atoms with Crippen molar-refractivity contribution in [3.63, 3.8) is 0 Å². The number of benzene rings is 2. The van der Waals surface area contributed by atoms with Crippen LogP contribution in [-0.2, 0) is 22.4 Å². The van der Waals surface area contributed by atoms with E-state index < -0.39 is 17.8 Å². The van der Waals surface area contributed by atoms with Crippen LogP contribution in [0.15, 0.2) is 42.5 Å². The zero-order chi connectivity index (χ0) is 16.8. The monoisotopic (exact) mass is 316 g/mol. The van der Waals surface area contributed by atoms with Gasteiger partial charge in [-0.3, -0.25) is 9.59 Å². The van der Waals surface area contributed by atoms with Crippen LogP contribution in [0.25, 0.3) is 11.1 Å². The second kappa shape index (κ2) is 7.54. The number of carboxylic acids is 2. The maximum Gasteiger partial charge on any atom is 0.303 e. The van der Waals surface area contributed by atoms with Gasteiger partial charge in [-0.15, -0.1) is 0 Å². The Morgan fingerprint density at radius 3 is 1.87 bits per heavy atom. The molecule has 0 aliphatic heterocycles. The van der Waals surface area contributed by atoms with E-state index in [1.54, 1.807) is 36.4 Å². The molecule has 0 saturated carbocycles. The summed E-state index contributed by atoms with van der Waals surface area (Å²) in [6.07, 6.45) is 0.760. The number of carbonyl (C=O) groups is 2. The molecule has 2 aromatic rings. The Balaban J connectivity index is 2.12. The molecule has 0 atom stereocenters. The topological polar surface area (TPSA) is 74.6 Å². The highest BCUT2D eigenvalue weighted by atomic mass is 19.1. The smallest absolute Gasteiger partial charge is 0.303 e. The second-order valence-electron chi connectivity index (χ2n) is 5.30. The minimum absolute atomic E-state index is 0.0307. The van der Waals surface area contributed by atoms with Crippen LogP contribution in [0.5, 0.6) is 0 Å². The van der Waals surface area contributed by atoms with E-state index in [1.165, 1.54) is 6.07 Å². The molecule has 0 bridgehead atoms. The Morgan fingerprint density at radius 1 is 0.826 bits per heavy atom. The van der Waals surface area contributed by atoms with Crippen LogP contribution in [-0.4, -0.2) is 22.2 Å². The number of hydrogen-bond acceptors (Lipinski definition) is 2. The van der Waals surface area contributed by atoms with Crippen molar-refractivity contribution in [3.8, 4) is 11.1 Å². The van der Waals surface area contributed by atoms with Gasteiger partial charge < -0.3 is 10.2 Å². The molecule has 0 unspecified atom stereocenters. The molecule has 2 rings (SSSR count). The van der Waals surface area contributed by atoms with Gasteiger partial charge in [-0.05, 0) is 35.6 Å². The van der Waals surface area contributed by atoms with E-state index in [9.17, 15) is 14.0 Å². The first-order chi connectivity index (χ1) is 11.0. The lowest BCUT2D eigenvalue weighted by molar-refractivity contribution is -0.138. The average molecular weight is 316 g/mol. The highest BCUT2D eigenvalue weighted by Gasteiger charge is 2.08. The van der Waals surface area contributed by atoms with Gasteiger partial charge in [-0.2, -0.15) is 0 Å². The predicted molar refractivity (Wildman–Crippen MR) is 83.7 cm³/mol. The van der Waals surface area contributed by atoms with E-state index in [1.807, 2.05) is 0 Å². The third kappa shape index (κ3) is 4.92. The quantitative estimate of drug-likeness (QED) is 0.819. The van der Waals surface area contributed by atoms with Crippen molar-refractivity contribution in [2.45, 2.75) is 25.7 Å². The molecule has 0 aliphatic carbocycles. The fraction of sp³-hybridized carbons (Fsp3) is 0.222. The van der Waals surface area contributed by atoms with Gasteiger partial charge in [0.25, 0.3) is 0 Å². The largest absolute Gasteiger partial charge is 0.481 e. The van der Waals surface area contributed by atoms with Crippen molar-refractivity contribution in [2.75, 3.05) is 0 Å². The number of hydrogen-bond donors (Lipinski definition) is 2. The lowest BCUT2D eigenvalue weighted by Gasteiger charge is -2.07. The first kappa shape index (κ1) is 16.7. The van der Waals surface area contributed by atoms with Gasteiger partial charge in [-0.25, -0.2) is 4.39 Å². The fourth-order valence-electron chi connectivity index (χ4n) is 2.30. The maximum absolute atomic E-state index is 14.2. The SMILES string of the molecule is O=C(O)CCc1ccc(-c2ccc(CCC(=O)O)cc2F)cc1. The summed E-state index contributed by atoms with van der Waals surface area (Å²) in [6, 6.07) is 11.8. The predicted octanol–water partition coefficient (Wildman–Crippen LogP) is 3.53. The molecule has 5 heteroatoms. The molecule has 2 N–H and O–H groups in total. The van der Waals surface area contributed by atoms with Gasteiger partial charge >= 0.3 is 11.9 Å². The molecule has 0 radical (unpaired) electrons. The molecule has 4 nitrogen and oxygen atoms in total. The van der Waals surface area contributed by atoms with E-state index >= 15 is 0 Å². The molecule has 0 saturated heterocycles. The van der Waals surface area contributed by atoms with E-state index in [0.717, 1.165) is 5.56 Å². The minimum atomic E-state index is -0.911. The number of aliphatic carboxylic acids is 2. The molecule has 120 valence electrons. The summed E-state index contributed by atoms with van der Waals surface area (Å²) in [5.74, 6) is -2.16. The Bertz CT molecular complexity index is 707. The number of carboxylic acid groups (broad SMARTS) is 2. The first-order valence-corrected chi connectivity index (χ1v) is 7.27. The summed E-state index contributed by atoms with van der Waals surface area (Å²) in [7, 11) is 0. The molecule has 0 aromatic heterocycles. The van der Waals surface area contributed by atoms with Gasteiger partial charge in [0.05, 0.1) is 0 Å². The molecule has 0 heterocycles. The van der Waals surface area contributed by atoms with E-state index in [4.69, 9.17) is 10.2 Å². The summed E-state index contributed by atoms with van der Waals surface area (Å²) < 4.78 is 14.2. The van der Waals surface area contributed by atoms with Crippen molar-refractivity contribution in [1.29, 1.82) is 0 Å². The van der Waals surface area contributed by atoms with Gasteiger partial charge in [0.1, 0.15) is 5.82 Å². The molecule has 0 amide bonds. The van der Waals surface area contributed by atoms with Crippen LogP contribution in [0.2, 0.25) is 0 Å². The lowest BCUT2D eigenvalue weighted by atomic mass is 9.99. The van der Waals surface area contributed by atoms with Crippen LogP contribution in [0.3, 0.4) is 0 Å². The summed E-state index contributed by atoms with van der Waals surface area (Å²) in [4.78, 5) is 21.1. The summed E-state index contributed by atoms with van der Waals surface area (Å²) in [5.41, 5.74) is 2.67. The highest BCUT2D eigenvalue weighted by Crippen LogP contribution is 2.24. The maximum atomic E-state index is 14.2. The first-order valence-electron chi connectivity index (χ1n) is 7.27. The minimum Gasteiger partial charge on any atom is -0.481 e. The van der Waals surface area contributed by atoms with Gasteiger partial charge in [0, 0.05) is 18.4 Å². The Morgan fingerprint density at radius 2 is 1.35 bits per heavy atom. The lowest BCUT2D eigenvalue weighted by Crippen LogP contribution is -1.98. The van der Waals surface area contributed by atoms with Gasteiger partial charge in [0.2, 0.25) is 0 Å². The molecule has 0 aliphatic rings. The highest BCUT2D eigenvalue weighted by molar-refractivity contribution is 5.68. The Kier molecular flexibility index (Phi) is 5.46.